The van der Waals surface area contributed by atoms with Gasteiger partial charge in [-0.05, 0) is 47.9 Å². The Hall–Kier alpha value is -3.88. The van der Waals surface area contributed by atoms with Crippen molar-refractivity contribution in [3.8, 4) is 11.1 Å². The van der Waals surface area contributed by atoms with Crippen molar-refractivity contribution < 1.29 is 33.8 Å². The number of alkyl carbamates (subject to hydrolysis) is 1. The van der Waals surface area contributed by atoms with Crippen LogP contribution in [0.4, 0.5) is 4.79 Å². The molecule has 1 saturated carbocycles. The van der Waals surface area contributed by atoms with Gasteiger partial charge >= 0.3 is 18.0 Å². The molecule has 2 aliphatic carbocycles. The molecule has 2 amide bonds. The van der Waals surface area contributed by atoms with E-state index >= 15 is 0 Å². The molecular weight excluding hydrogens is 452 g/mol. The molecule has 0 spiro atoms. The van der Waals surface area contributed by atoms with Gasteiger partial charge in [-0.25, -0.2) is 14.4 Å². The van der Waals surface area contributed by atoms with Crippen LogP contribution in [0.1, 0.15) is 36.8 Å². The number of nitrogens with zero attached hydrogens (tertiary/aromatic N) is 1. The number of amides is 2. The Kier molecular flexibility index (Phi) is 5.70. The number of hydrogen-bond acceptors (Lipinski definition) is 6. The normalized spacial score (nSPS) is 22.4. The van der Waals surface area contributed by atoms with Gasteiger partial charge in [0.1, 0.15) is 12.1 Å². The first-order valence-corrected chi connectivity index (χ1v) is 11.7. The Morgan fingerprint density at radius 1 is 1.03 bits per heavy atom. The summed E-state index contributed by atoms with van der Waals surface area (Å²) in [7, 11) is 0. The maximum absolute atomic E-state index is 13.2. The summed E-state index contributed by atoms with van der Waals surface area (Å²) in [4.78, 5) is 51.6. The fourth-order valence-corrected chi connectivity index (χ4v) is 5.63. The zero-order valence-electron chi connectivity index (χ0n) is 19.2. The summed E-state index contributed by atoms with van der Waals surface area (Å²) >= 11 is 0. The number of carboxylic acid groups (broad SMARTS) is 1. The summed E-state index contributed by atoms with van der Waals surface area (Å²) in [6.07, 6.45) is -0.266. The molecule has 2 saturated heterocycles. The highest BCUT2D eigenvalue weighted by Gasteiger charge is 2.64. The summed E-state index contributed by atoms with van der Waals surface area (Å²) in [5, 5.41) is 12.0. The lowest BCUT2D eigenvalue weighted by atomic mass is 9.73. The standard InChI is InChI=1S/C26H26N2O7/c1-2-34-23(30)21(22(29)28-13-15-11-26(28,12-15)24(31)32)27-25(33)35-14-20-18-9-5-3-7-16(18)17-8-4-6-10-19(17)20/h3-10,15,20-21H,2,11-14H2,1H3,(H,27,33)(H,31,32). The molecule has 0 radical (unpaired) electrons. The molecule has 9 nitrogen and oxygen atoms in total. The number of benzene rings is 2. The molecule has 182 valence electrons. The second kappa shape index (κ2) is 8.72. The Morgan fingerprint density at radius 2 is 1.63 bits per heavy atom. The summed E-state index contributed by atoms with van der Waals surface area (Å²) in [5.41, 5.74) is 2.88. The Balaban J connectivity index is 1.30. The molecule has 2 N–H and O–H groups in total. The maximum Gasteiger partial charge on any atom is 0.408 e. The lowest BCUT2D eigenvalue weighted by molar-refractivity contribution is -0.162. The number of nitrogens with one attached hydrogen (secondary N) is 1. The van der Waals surface area contributed by atoms with Gasteiger partial charge in [0.05, 0.1) is 6.61 Å². The molecule has 2 aromatic carbocycles. The SMILES string of the molecule is CCOC(=O)C(NC(=O)OCC1c2ccccc2-c2ccccc21)C(=O)N1CC2CC1(C(=O)O)C2. The zero-order chi connectivity index (χ0) is 24.7. The fraction of sp³-hybridized carbons (Fsp3) is 0.385. The van der Waals surface area contributed by atoms with Crippen molar-refractivity contribution in [2.45, 2.75) is 37.3 Å². The number of ether oxygens (including phenoxy) is 2. The Morgan fingerprint density at radius 3 is 2.20 bits per heavy atom. The van der Waals surface area contributed by atoms with Gasteiger partial charge < -0.3 is 19.5 Å². The van der Waals surface area contributed by atoms with Gasteiger partial charge in [-0.3, -0.25) is 10.1 Å². The topological polar surface area (TPSA) is 122 Å². The molecular formula is C26H26N2O7. The number of hydrogen-bond donors (Lipinski definition) is 2. The molecule has 2 aromatic rings. The lowest BCUT2D eigenvalue weighted by Gasteiger charge is -2.38. The van der Waals surface area contributed by atoms with Crippen molar-refractivity contribution in [1.82, 2.24) is 10.2 Å². The Labute approximate surface area is 202 Å². The number of carbonyl (C=O) groups excluding carboxylic acids is 3. The average molecular weight is 479 g/mol. The van der Waals surface area contributed by atoms with E-state index in [1.54, 1.807) is 6.92 Å². The monoisotopic (exact) mass is 478 g/mol. The largest absolute Gasteiger partial charge is 0.479 e. The van der Waals surface area contributed by atoms with Crippen LogP contribution >= 0.6 is 0 Å². The van der Waals surface area contributed by atoms with Gasteiger partial charge in [-0.15, -0.1) is 0 Å². The minimum atomic E-state index is -1.68. The van der Waals surface area contributed by atoms with E-state index in [2.05, 4.69) is 5.32 Å². The Bertz CT molecular complexity index is 1160. The molecule has 1 atom stereocenters. The second-order valence-corrected chi connectivity index (χ2v) is 9.21. The number of fused-ring (bicyclic) bond motifs is 4. The van der Waals surface area contributed by atoms with Gasteiger partial charge in [0, 0.05) is 12.5 Å². The summed E-state index contributed by atoms with van der Waals surface area (Å²) in [5.74, 6) is -2.96. The van der Waals surface area contributed by atoms with Crippen LogP contribution in [0.15, 0.2) is 48.5 Å². The van der Waals surface area contributed by atoms with E-state index in [0.29, 0.717) is 12.8 Å². The quantitative estimate of drug-likeness (QED) is 0.463. The number of carboxylic acids is 1. The molecule has 35 heavy (non-hydrogen) atoms. The van der Waals surface area contributed by atoms with Gasteiger partial charge in [0.2, 0.25) is 6.04 Å². The van der Waals surface area contributed by atoms with E-state index in [9.17, 15) is 24.3 Å². The van der Waals surface area contributed by atoms with Crippen molar-refractivity contribution in [3.63, 3.8) is 0 Å². The summed E-state index contributed by atoms with van der Waals surface area (Å²) in [6.45, 7) is 1.82. The van der Waals surface area contributed by atoms with E-state index in [0.717, 1.165) is 22.3 Å². The van der Waals surface area contributed by atoms with Crippen molar-refractivity contribution >= 4 is 23.9 Å². The third-order valence-electron chi connectivity index (χ3n) is 7.25. The molecule has 3 fully saturated rings. The van der Waals surface area contributed by atoms with Crippen molar-refractivity contribution in [2.75, 3.05) is 19.8 Å². The third kappa shape index (κ3) is 3.71. The van der Waals surface area contributed by atoms with Gasteiger partial charge in [-0.2, -0.15) is 0 Å². The predicted molar refractivity (Wildman–Crippen MR) is 123 cm³/mol. The van der Waals surface area contributed by atoms with Crippen LogP contribution in [0.2, 0.25) is 0 Å². The summed E-state index contributed by atoms with van der Waals surface area (Å²) < 4.78 is 10.5. The van der Waals surface area contributed by atoms with Crippen molar-refractivity contribution in [2.24, 2.45) is 5.92 Å². The highest BCUT2D eigenvalue weighted by molar-refractivity contribution is 6.06. The first-order chi connectivity index (χ1) is 16.9. The van der Waals surface area contributed by atoms with E-state index in [4.69, 9.17) is 9.47 Å². The van der Waals surface area contributed by atoms with E-state index < -0.39 is 35.5 Å². The third-order valence-corrected chi connectivity index (χ3v) is 7.25. The highest BCUT2D eigenvalue weighted by atomic mass is 16.6. The first kappa shape index (κ1) is 22.9. The van der Waals surface area contributed by atoms with Gasteiger partial charge in [0.25, 0.3) is 5.91 Å². The van der Waals surface area contributed by atoms with E-state index in [1.807, 2.05) is 48.5 Å². The fourth-order valence-electron chi connectivity index (χ4n) is 5.63. The number of aliphatic carboxylic acids is 1. The molecule has 9 heteroatoms. The van der Waals surface area contributed by atoms with E-state index in [1.165, 1.54) is 4.90 Å². The predicted octanol–water partition coefficient (Wildman–Crippen LogP) is 2.53. The van der Waals surface area contributed by atoms with Gasteiger partial charge in [-0.1, -0.05) is 48.5 Å². The number of carbonyl (C=O) groups is 4. The summed E-state index contributed by atoms with van der Waals surface area (Å²) in [6, 6.07) is 14.1. The second-order valence-electron chi connectivity index (χ2n) is 9.21. The zero-order valence-corrected chi connectivity index (χ0v) is 19.2. The average Bonchev–Trinajstić information content (AvgIpc) is 3.49. The van der Waals surface area contributed by atoms with Crippen LogP contribution in [0.5, 0.6) is 0 Å². The molecule has 2 aliphatic heterocycles. The van der Waals surface area contributed by atoms with Crippen LogP contribution in [-0.4, -0.2) is 65.3 Å². The molecule has 6 rings (SSSR count). The lowest BCUT2D eigenvalue weighted by Crippen LogP contribution is -2.60. The first-order valence-electron chi connectivity index (χ1n) is 11.7. The van der Waals surface area contributed by atoms with Crippen molar-refractivity contribution in [3.05, 3.63) is 59.7 Å². The maximum atomic E-state index is 13.2. The number of rotatable bonds is 7. The van der Waals surface area contributed by atoms with Gasteiger partial charge in [0.15, 0.2) is 0 Å². The number of esters is 1. The molecule has 0 aromatic heterocycles. The molecule has 1 unspecified atom stereocenters. The smallest absolute Gasteiger partial charge is 0.408 e. The van der Waals surface area contributed by atoms with Crippen LogP contribution in [0.3, 0.4) is 0 Å². The van der Waals surface area contributed by atoms with Crippen LogP contribution in [0.25, 0.3) is 11.1 Å². The van der Waals surface area contributed by atoms with Crippen molar-refractivity contribution in [1.29, 1.82) is 0 Å². The molecule has 2 heterocycles. The molecule has 4 aliphatic rings. The molecule has 2 bridgehead atoms. The highest BCUT2D eigenvalue weighted by Crippen LogP contribution is 2.51. The van der Waals surface area contributed by atoms with Crippen LogP contribution < -0.4 is 5.32 Å². The minimum Gasteiger partial charge on any atom is -0.479 e. The van der Waals surface area contributed by atoms with Crippen LogP contribution in [-0.2, 0) is 23.9 Å². The van der Waals surface area contributed by atoms with E-state index in [-0.39, 0.29) is 31.6 Å². The van der Waals surface area contributed by atoms with Crippen LogP contribution in [0, 0.1) is 5.92 Å². The minimum absolute atomic E-state index is 0.00167.